The Hall–Kier alpha value is -1.35. The van der Waals surface area contributed by atoms with Crippen LogP contribution in [0.3, 0.4) is 0 Å². The molecular formula is C13H18N2O. The maximum atomic E-state index is 11.1. The first kappa shape index (κ1) is 11.1. The average molecular weight is 218 g/mol. The molecule has 2 rings (SSSR count). The van der Waals surface area contributed by atoms with Crippen LogP contribution in [-0.2, 0) is 4.79 Å². The molecule has 1 heterocycles. The lowest BCUT2D eigenvalue weighted by molar-refractivity contribution is -0.121. The number of rotatable bonds is 3. The third-order valence-corrected chi connectivity index (χ3v) is 3.45. The monoisotopic (exact) mass is 218 g/mol. The van der Waals surface area contributed by atoms with Gasteiger partial charge in [-0.1, -0.05) is 30.3 Å². The lowest BCUT2D eigenvalue weighted by atomic mass is 10.1. The number of benzene rings is 1. The third kappa shape index (κ3) is 2.25. The molecule has 1 saturated heterocycles. The summed E-state index contributed by atoms with van der Waals surface area (Å²) >= 11 is 0. The average Bonchev–Trinajstić information content (AvgIpc) is 2.78. The molecule has 1 fully saturated rings. The topological polar surface area (TPSA) is 46.3 Å². The van der Waals surface area contributed by atoms with E-state index in [1.54, 1.807) is 0 Å². The van der Waals surface area contributed by atoms with Gasteiger partial charge in [-0.05, 0) is 25.5 Å². The van der Waals surface area contributed by atoms with Crippen molar-refractivity contribution >= 4 is 5.91 Å². The maximum absolute atomic E-state index is 11.1. The second-order valence-electron chi connectivity index (χ2n) is 4.47. The Morgan fingerprint density at radius 2 is 2.12 bits per heavy atom. The number of hydrogen-bond donors (Lipinski definition) is 1. The summed E-state index contributed by atoms with van der Waals surface area (Å²) < 4.78 is 0. The van der Waals surface area contributed by atoms with Gasteiger partial charge in [0.2, 0.25) is 5.91 Å². The molecule has 1 aliphatic heterocycles. The highest BCUT2D eigenvalue weighted by Gasteiger charge is 2.29. The number of nitrogens with zero attached hydrogens (tertiary/aromatic N) is 1. The van der Waals surface area contributed by atoms with Crippen LogP contribution in [0.15, 0.2) is 30.3 Å². The summed E-state index contributed by atoms with van der Waals surface area (Å²) in [5.74, 6) is -0.131. The molecule has 0 radical (unpaired) electrons. The normalized spacial score (nSPS) is 23.2. The van der Waals surface area contributed by atoms with E-state index in [1.165, 1.54) is 5.56 Å². The van der Waals surface area contributed by atoms with Crippen LogP contribution >= 0.6 is 0 Å². The minimum atomic E-state index is -0.164. The van der Waals surface area contributed by atoms with Gasteiger partial charge in [-0.25, -0.2) is 0 Å². The molecular weight excluding hydrogens is 200 g/mol. The van der Waals surface area contributed by atoms with Crippen molar-refractivity contribution in [3.05, 3.63) is 35.9 Å². The van der Waals surface area contributed by atoms with E-state index in [2.05, 4.69) is 24.0 Å². The standard InChI is InChI=1S/C13H18N2O/c1-10(11-5-3-2-4-6-11)15-8-7-12(9-15)13(14)16/h2-6,10,12H,7-9H2,1H3,(H2,14,16). The van der Waals surface area contributed by atoms with Crippen molar-refractivity contribution in [3.8, 4) is 0 Å². The van der Waals surface area contributed by atoms with Gasteiger partial charge >= 0.3 is 0 Å². The Kier molecular flexibility index (Phi) is 3.25. The molecule has 86 valence electrons. The number of primary amides is 1. The third-order valence-electron chi connectivity index (χ3n) is 3.45. The van der Waals surface area contributed by atoms with Crippen molar-refractivity contribution in [2.24, 2.45) is 11.7 Å². The fourth-order valence-corrected chi connectivity index (χ4v) is 2.31. The van der Waals surface area contributed by atoms with Crippen LogP contribution in [-0.4, -0.2) is 23.9 Å². The van der Waals surface area contributed by atoms with Crippen LogP contribution < -0.4 is 5.73 Å². The highest BCUT2D eigenvalue weighted by molar-refractivity contribution is 5.77. The predicted octanol–water partition coefficient (Wildman–Crippen LogP) is 1.55. The van der Waals surface area contributed by atoms with Crippen LogP contribution in [0.4, 0.5) is 0 Å². The SMILES string of the molecule is CC(c1ccccc1)N1CCC(C(N)=O)C1. The van der Waals surface area contributed by atoms with Crippen LogP contribution in [0.1, 0.15) is 24.9 Å². The van der Waals surface area contributed by atoms with Crippen LogP contribution in [0, 0.1) is 5.92 Å². The van der Waals surface area contributed by atoms with E-state index in [4.69, 9.17) is 5.73 Å². The number of carbonyl (C=O) groups is 1. The summed E-state index contributed by atoms with van der Waals surface area (Å²) in [6, 6.07) is 10.7. The van der Waals surface area contributed by atoms with E-state index >= 15 is 0 Å². The highest BCUT2D eigenvalue weighted by atomic mass is 16.1. The minimum Gasteiger partial charge on any atom is -0.369 e. The Bertz CT molecular complexity index is 363. The summed E-state index contributed by atoms with van der Waals surface area (Å²) in [7, 11) is 0. The van der Waals surface area contributed by atoms with Crippen molar-refractivity contribution in [2.75, 3.05) is 13.1 Å². The summed E-state index contributed by atoms with van der Waals surface area (Å²) in [6.45, 7) is 3.94. The number of hydrogen-bond acceptors (Lipinski definition) is 2. The molecule has 1 aliphatic rings. The summed E-state index contributed by atoms with van der Waals surface area (Å²) in [6.07, 6.45) is 0.895. The summed E-state index contributed by atoms with van der Waals surface area (Å²) in [5, 5.41) is 0. The first-order valence-corrected chi connectivity index (χ1v) is 5.77. The van der Waals surface area contributed by atoms with Crippen LogP contribution in [0.25, 0.3) is 0 Å². The predicted molar refractivity (Wildman–Crippen MR) is 63.7 cm³/mol. The zero-order valence-electron chi connectivity index (χ0n) is 9.60. The Morgan fingerprint density at radius 3 is 2.69 bits per heavy atom. The molecule has 0 aliphatic carbocycles. The van der Waals surface area contributed by atoms with Crippen molar-refractivity contribution in [1.29, 1.82) is 0 Å². The second-order valence-corrected chi connectivity index (χ2v) is 4.47. The smallest absolute Gasteiger partial charge is 0.221 e. The zero-order valence-corrected chi connectivity index (χ0v) is 9.60. The summed E-state index contributed by atoms with van der Waals surface area (Å²) in [5.41, 5.74) is 6.63. The Morgan fingerprint density at radius 1 is 1.44 bits per heavy atom. The molecule has 1 amide bonds. The first-order chi connectivity index (χ1) is 7.68. The van der Waals surface area contributed by atoms with Crippen molar-refractivity contribution < 1.29 is 4.79 Å². The quantitative estimate of drug-likeness (QED) is 0.836. The number of likely N-dealkylation sites (tertiary alicyclic amines) is 1. The van der Waals surface area contributed by atoms with E-state index in [0.29, 0.717) is 6.04 Å². The van der Waals surface area contributed by atoms with Gasteiger partial charge < -0.3 is 5.73 Å². The molecule has 0 saturated carbocycles. The van der Waals surface area contributed by atoms with Crippen molar-refractivity contribution in [1.82, 2.24) is 4.90 Å². The maximum Gasteiger partial charge on any atom is 0.221 e. The second kappa shape index (κ2) is 4.66. The molecule has 3 nitrogen and oxygen atoms in total. The Labute approximate surface area is 96.2 Å². The molecule has 1 aromatic rings. The fraction of sp³-hybridized carbons (Fsp3) is 0.462. The van der Waals surface area contributed by atoms with Gasteiger partial charge in [0, 0.05) is 12.6 Å². The van der Waals surface area contributed by atoms with Gasteiger partial charge in [0.1, 0.15) is 0 Å². The van der Waals surface area contributed by atoms with Gasteiger partial charge in [0.15, 0.2) is 0 Å². The molecule has 16 heavy (non-hydrogen) atoms. The van der Waals surface area contributed by atoms with E-state index in [9.17, 15) is 4.79 Å². The van der Waals surface area contributed by atoms with E-state index in [-0.39, 0.29) is 11.8 Å². The van der Waals surface area contributed by atoms with Crippen LogP contribution in [0.2, 0.25) is 0 Å². The van der Waals surface area contributed by atoms with E-state index in [0.717, 1.165) is 19.5 Å². The van der Waals surface area contributed by atoms with Gasteiger partial charge in [-0.2, -0.15) is 0 Å². The lowest BCUT2D eigenvalue weighted by Crippen LogP contribution is -2.29. The summed E-state index contributed by atoms with van der Waals surface area (Å²) in [4.78, 5) is 13.4. The Balaban J connectivity index is 2.02. The largest absolute Gasteiger partial charge is 0.369 e. The first-order valence-electron chi connectivity index (χ1n) is 5.77. The van der Waals surface area contributed by atoms with E-state index in [1.807, 2.05) is 18.2 Å². The fourth-order valence-electron chi connectivity index (χ4n) is 2.31. The molecule has 2 N–H and O–H groups in total. The zero-order chi connectivity index (χ0) is 11.5. The van der Waals surface area contributed by atoms with Crippen molar-refractivity contribution in [3.63, 3.8) is 0 Å². The molecule has 1 aromatic carbocycles. The van der Waals surface area contributed by atoms with E-state index < -0.39 is 0 Å². The molecule has 0 spiro atoms. The van der Waals surface area contributed by atoms with Crippen molar-refractivity contribution in [2.45, 2.75) is 19.4 Å². The van der Waals surface area contributed by atoms with Gasteiger partial charge in [-0.15, -0.1) is 0 Å². The molecule has 2 atom stereocenters. The molecule has 0 bridgehead atoms. The number of carbonyl (C=O) groups excluding carboxylic acids is 1. The highest BCUT2D eigenvalue weighted by Crippen LogP contribution is 2.26. The van der Waals surface area contributed by atoms with Gasteiger partial charge in [-0.3, -0.25) is 9.69 Å². The lowest BCUT2D eigenvalue weighted by Gasteiger charge is -2.24. The van der Waals surface area contributed by atoms with Crippen LogP contribution in [0.5, 0.6) is 0 Å². The number of amides is 1. The van der Waals surface area contributed by atoms with Gasteiger partial charge in [0.25, 0.3) is 0 Å². The molecule has 3 heteroatoms. The van der Waals surface area contributed by atoms with Gasteiger partial charge in [0.05, 0.1) is 5.92 Å². The minimum absolute atomic E-state index is 0.0335. The number of nitrogens with two attached hydrogens (primary N) is 1. The molecule has 2 unspecified atom stereocenters. The molecule has 0 aromatic heterocycles.